The zero-order valence-corrected chi connectivity index (χ0v) is 13.7. The smallest absolute Gasteiger partial charge is 0.258 e. The molecule has 0 N–H and O–H groups in total. The van der Waals surface area contributed by atoms with Gasteiger partial charge in [0.2, 0.25) is 0 Å². The van der Waals surface area contributed by atoms with Crippen molar-refractivity contribution in [3.05, 3.63) is 59.2 Å². The summed E-state index contributed by atoms with van der Waals surface area (Å²) < 4.78 is 0. The van der Waals surface area contributed by atoms with E-state index in [4.69, 9.17) is 0 Å². The van der Waals surface area contributed by atoms with Crippen LogP contribution < -0.4 is 9.80 Å². The lowest BCUT2D eigenvalue weighted by Gasteiger charge is -2.19. The fraction of sp³-hybridized carbons (Fsp3) is 0.263. The van der Waals surface area contributed by atoms with E-state index in [-0.39, 0.29) is 11.7 Å². The van der Waals surface area contributed by atoms with Crippen LogP contribution >= 0.6 is 0 Å². The summed E-state index contributed by atoms with van der Waals surface area (Å²) in [6.45, 7) is 2.22. The van der Waals surface area contributed by atoms with Crippen LogP contribution in [0.1, 0.15) is 33.2 Å². The second kappa shape index (κ2) is 5.88. The van der Waals surface area contributed by atoms with Gasteiger partial charge in [0.15, 0.2) is 5.78 Å². The standard InChI is InChI=1S/C19H20N2O2/c1-13(22)14-7-8-18-15(11-14)9-10-21(18)19(23)16-5-4-6-17(12-16)20(2)3/h4-8,11-12H,9-10H2,1-3H3. The van der Waals surface area contributed by atoms with Crippen LogP contribution in [0.15, 0.2) is 42.5 Å². The van der Waals surface area contributed by atoms with Crippen LogP contribution in [-0.4, -0.2) is 32.3 Å². The van der Waals surface area contributed by atoms with Crippen molar-refractivity contribution in [2.75, 3.05) is 30.4 Å². The van der Waals surface area contributed by atoms with Gasteiger partial charge in [0.1, 0.15) is 0 Å². The van der Waals surface area contributed by atoms with Gasteiger partial charge in [0.25, 0.3) is 5.91 Å². The Morgan fingerprint density at radius 1 is 1.04 bits per heavy atom. The van der Waals surface area contributed by atoms with Crippen LogP contribution in [-0.2, 0) is 6.42 Å². The highest BCUT2D eigenvalue weighted by Crippen LogP contribution is 2.30. The van der Waals surface area contributed by atoms with Crippen LogP contribution in [0.4, 0.5) is 11.4 Å². The van der Waals surface area contributed by atoms with Gasteiger partial charge in [0.05, 0.1) is 0 Å². The Labute approximate surface area is 136 Å². The monoisotopic (exact) mass is 308 g/mol. The molecule has 1 heterocycles. The molecule has 4 nitrogen and oxygen atoms in total. The van der Waals surface area contributed by atoms with E-state index in [1.165, 1.54) is 0 Å². The van der Waals surface area contributed by atoms with E-state index in [9.17, 15) is 9.59 Å². The maximum atomic E-state index is 12.8. The summed E-state index contributed by atoms with van der Waals surface area (Å²) in [6.07, 6.45) is 0.787. The molecule has 0 radical (unpaired) electrons. The average Bonchev–Trinajstić information content (AvgIpc) is 2.97. The number of hydrogen-bond acceptors (Lipinski definition) is 3. The van der Waals surface area contributed by atoms with Crippen LogP contribution in [0.2, 0.25) is 0 Å². The number of carbonyl (C=O) groups is 2. The third-order valence-corrected chi connectivity index (χ3v) is 4.24. The van der Waals surface area contributed by atoms with E-state index in [0.717, 1.165) is 23.4 Å². The van der Waals surface area contributed by atoms with Gasteiger partial charge in [-0.1, -0.05) is 6.07 Å². The van der Waals surface area contributed by atoms with Crippen molar-refractivity contribution in [1.29, 1.82) is 0 Å². The van der Waals surface area contributed by atoms with Crippen LogP contribution in [0.25, 0.3) is 0 Å². The Morgan fingerprint density at radius 2 is 1.83 bits per heavy atom. The van der Waals surface area contributed by atoms with Crippen LogP contribution in [0.3, 0.4) is 0 Å². The van der Waals surface area contributed by atoms with Gasteiger partial charge >= 0.3 is 0 Å². The van der Waals surface area contributed by atoms with E-state index in [1.807, 2.05) is 55.4 Å². The quantitative estimate of drug-likeness (QED) is 0.818. The molecule has 2 aromatic rings. The molecule has 0 aliphatic carbocycles. The zero-order valence-electron chi connectivity index (χ0n) is 13.7. The number of carbonyl (C=O) groups excluding carboxylic acids is 2. The van der Waals surface area contributed by atoms with Crippen molar-refractivity contribution < 1.29 is 9.59 Å². The lowest BCUT2D eigenvalue weighted by Crippen LogP contribution is -2.29. The van der Waals surface area contributed by atoms with Crippen molar-refractivity contribution >= 4 is 23.1 Å². The van der Waals surface area contributed by atoms with Crippen molar-refractivity contribution in [2.24, 2.45) is 0 Å². The minimum absolute atomic E-state index is 0.00280. The maximum Gasteiger partial charge on any atom is 0.258 e. The highest BCUT2D eigenvalue weighted by molar-refractivity contribution is 6.08. The molecule has 4 heteroatoms. The Bertz CT molecular complexity index is 781. The highest BCUT2D eigenvalue weighted by atomic mass is 16.2. The summed E-state index contributed by atoms with van der Waals surface area (Å²) in [5.74, 6) is 0.0549. The predicted octanol–water partition coefficient (Wildman–Crippen LogP) is 3.16. The molecule has 2 aromatic carbocycles. The van der Waals surface area contributed by atoms with Crippen LogP contribution in [0, 0.1) is 0 Å². The van der Waals surface area contributed by atoms with E-state index in [2.05, 4.69) is 0 Å². The number of ketones is 1. The van der Waals surface area contributed by atoms with Gasteiger partial charge < -0.3 is 9.80 Å². The number of anilines is 2. The molecule has 1 amide bonds. The molecular formula is C19H20N2O2. The first-order valence-electron chi connectivity index (χ1n) is 7.70. The lowest BCUT2D eigenvalue weighted by atomic mass is 10.1. The summed E-state index contributed by atoms with van der Waals surface area (Å²) >= 11 is 0. The number of hydrogen-bond donors (Lipinski definition) is 0. The molecular weight excluding hydrogens is 288 g/mol. The number of Topliss-reactive ketones (excluding diaryl/α,β-unsaturated/α-hetero) is 1. The Morgan fingerprint density at radius 3 is 2.52 bits per heavy atom. The Hall–Kier alpha value is -2.62. The first kappa shape index (κ1) is 15.3. The average molecular weight is 308 g/mol. The molecule has 0 saturated carbocycles. The van der Waals surface area contributed by atoms with Gasteiger partial charge in [-0.2, -0.15) is 0 Å². The number of benzene rings is 2. The normalized spacial score (nSPS) is 12.9. The number of fused-ring (bicyclic) bond motifs is 1. The summed E-state index contributed by atoms with van der Waals surface area (Å²) in [4.78, 5) is 28.1. The third kappa shape index (κ3) is 2.84. The SMILES string of the molecule is CC(=O)c1ccc2c(c1)CCN2C(=O)c1cccc(N(C)C)c1. The molecule has 0 fully saturated rings. The molecule has 1 aliphatic heterocycles. The first-order chi connectivity index (χ1) is 11.0. The second-order valence-electron chi connectivity index (χ2n) is 6.05. The summed E-state index contributed by atoms with van der Waals surface area (Å²) in [6, 6.07) is 13.2. The molecule has 0 aromatic heterocycles. The largest absolute Gasteiger partial charge is 0.378 e. The predicted molar refractivity (Wildman–Crippen MR) is 92.6 cm³/mol. The Kier molecular flexibility index (Phi) is 3.90. The zero-order chi connectivity index (χ0) is 16.6. The molecule has 0 bridgehead atoms. The minimum atomic E-state index is 0.00280. The molecule has 0 unspecified atom stereocenters. The molecule has 1 aliphatic rings. The molecule has 0 saturated heterocycles. The van der Waals surface area contributed by atoms with Crippen molar-refractivity contribution in [3.63, 3.8) is 0 Å². The topological polar surface area (TPSA) is 40.6 Å². The Balaban J connectivity index is 1.92. The number of rotatable bonds is 3. The van der Waals surface area contributed by atoms with E-state index < -0.39 is 0 Å². The number of amides is 1. The maximum absolute atomic E-state index is 12.8. The van der Waals surface area contributed by atoms with Crippen LogP contribution in [0.5, 0.6) is 0 Å². The second-order valence-corrected chi connectivity index (χ2v) is 6.05. The van der Waals surface area contributed by atoms with Gasteiger partial charge in [-0.3, -0.25) is 9.59 Å². The summed E-state index contributed by atoms with van der Waals surface area (Å²) in [7, 11) is 3.91. The summed E-state index contributed by atoms with van der Waals surface area (Å²) in [5, 5.41) is 0. The fourth-order valence-electron chi connectivity index (χ4n) is 2.90. The molecule has 0 spiro atoms. The molecule has 3 rings (SSSR count). The van der Waals surface area contributed by atoms with Gasteiger partial charge in [0, 0.05) is 43.1 Å². The molecule has 23 heavy (non-hydrogen) atoms. The fourth-order valence-corrected chi connectivity index (χ4v) is 2.90. The van der Waals surface area contributed by atoms with E-state index in [0.29, 0.717) is 17.7 Å². The van der Waals surface area contributed by atoms with Crippen molar-refractivity contribution in [1.82, 2.24) is 0 Å². The van der Waals surface area contributed by atoms with Gasteiger partial charge in [-0.25, -0.2) is 0 Å². The first-order valence-corrected chi connectivity index (χ1v) is 7.70. The van der Waals surface area contributed by atoms with Crippen molar-refractivity contribution in [3.8, 4) is 0 Å². The lowest BCUT2D eigenvalue weighted by molar-refractivity contribution is 0.0987. The van der Waals surface area contributed by atoms with Gasteiger partial charge in [-0.15, -0.1) is 0 Å². The number of nitrogens with zero attached hydrogens (tertiary/aromatic N) is 2. The molecule has 0 atom stereocenters. The van der Waals surface area contributed by atoms with Gasteiger partial charge in [-0.05, 0) is 55.3 Å². The summed E-state index contributed by atoms with van der Waals surface area (Å²) in [5.41, 5.74) is 4.36. The van der Waals surface area contributed by atoms with E-state index in [1.54, 1.807) is 17.9 Å². The molecule has 118 valence electrons. The third-order valence-electron chi connectivity index (χ3n) is 4.24. The van der Waals surface area contributed by atoms with Crippen molar-refractivity contribution in [2.45, 2.75) is 13.3 Å². The minimum Gasteiger partial charge on any atom is -0.378 e. The highest BCUT2D eigenvalue weighted by Gasteiger charge is 2.26. The van der Waals surface area contributed by atoms with E-state index >= 15 is 0 Å².